The van der Waals surface area contributed by atoms with E-state index in [1.54, 1.807) is 0 Å². The topological polar surface area (TPSA) is 37.2 Å². The highest BCUT2D eigenvalue weighted by Crippen LogP contribution is 2.17. The van der Waals surface area contributed by atoms with Crippen LogP contribution in [0.5, 0.6) is 0 Å². The van der Waals surface area contributed by atoms with Gasteiger partial charge in [0, 0.05) is 31.2 Å². The van der Waals surface area contributed by atoms with Crippen LogP contribution in [0.25, 0.3) is 0 Å². The molecular weight excluding hydrogens is 188 g/mol. The molecule has 0 amide bonds. The Balaban J connectivity index is 1.62. The number of furan rings is 1. The fraction of sp³-hybridized carbons (Fsp3) is 0.667. The Kier molecular flexibility index (Phi) is 3.44. The highest BCUT2D eigenvalue weighted by molar-refractivity contribution is 5.19. The SMILES string of the molecule is Cc1cc(CNCCNC2CC2)c(C)o1. The van der Waals surface area contributed by atoms with E-state index in [0.29, 0.717) is 0 Å². The normalized spacial score (nSPS) is 15.9. The zero-order valence-electron chi connectivity index (χ0n) is 9.60. The van der Waals surface area contributed by atoms with Crippen molar-refractivity contribution in [3.63, 3.8) is 0 Å². The molecule has 2 rings (SSSR count). The van der Waals surface area contributed by atoms with Crippen molar-refractivity contribution in [3.05, 3.63) is 23.2 Å². The summed E-state index contributed by atoms with van der Waals surface area (Å²) in [4.78, 5) is 0. The van der Waals surface area contributed by atoms with E-state index in [2.05, 4.69) is 16.7 Å². The minimum atomic E-state index is 0.810. The minimum absolute atomic E-state index is 0.810. The summed E-state index contributed by atoms with van der Waals surface area (Å²) in [5.74, 6) is 2.04. The van der Waals surface area contributed by atoms with Crippen molar-refractivity contribution in [1.29, 1.82) is 0 Å². The first-order chi connectivity index (χ1) is 7.25. The van der Waals surface area contributed by atoms with Gasteiger partial charge in [0.15, 0.2) is 0 Å². The molecule has 84 valence electrons. The first-order valence-corrected chi connectivity index (χ1v) is 5.75. The predicted octanol–water partition coefficient (Wildman–Crippen LogP) is 1.74. The van der Waals surface area contributed by atoms with Gasteiger partial charge in [0.2, 0.25) is 0 Å². The fourth-order valence-corrected chi connectivity index (χ4v) is 1.73. The second-order valence-electron chi connectivity index (χ2n) is 4.34. The van der Waals surface area contributed by atoms with Crippen LogP contribution < -0.4 is 10.6 Å². The molecule has 0 aromatic carbocycles. The van der Waals surface area contributed by atoms with E-state index in [4.69, 9.17) is 4.42 Å². The molecule has 3 heteroatoms. The molecule has 0 saturated heterocycles. The number of hydrogen-bond acceptors (Lipinski definition) is 3. The van der Waals surface area contributed by atoms with Crippen LogP contribution in [-0.2, 0) is 6.54 Å². The molecule has 1 aromatic heterocycles. The maximum absolute atomic E-state index is 5.46. The molecule has 1 aliphatic rings. The van der Waals surface area contributed by atoms with Crippen molar-refractivity contribution in [2.75, 3.05) is 13.1 Å². The van der Waals surface area contributed by atoms with Crippen LogP contribution in [0.4, 0.5) is 0 Å². The van der Waals surface area contributed by atoms with Crippen molar-refractivity contribution < 1.29 is 4.42 Å². The zero-order chi connectivity index (χ0) is 10.7. The molecular formula is C12H20N2O. The highest BCUT2D eigenvalue weighted by Gasteiger charge is 2.19. The van der Waals surface area contributed by atoms with Crippen molar-refractivity contribution >= 4 is 0 Å². The molecule has 0 atom stereocenters. The molecule has 0 aliphatic heterocycles. The number of nitrogens with one attached hydrogen (secondary N) is 2. The lowest BCUT2D eigenvalue weighted by Crippen LogP contribution is -2.28. The molecule has 1 saturated carbocycles. The summed E-state index contributed by atoms with van der Waals surface area (Å²) in [6.45, 7) is 7.02. The summed E-state index contributed by atoms with van der Waals surface area (Å²) in [7, 11) is 0. The third-order valence-electron chi connectivity index (χ3n) is 2.77. The second kappa shape index (κ2) is 4.81. The molecule has 0 radical (unpaired) electrons. The lowest BCUT2D eigenvalue weighted by molar-refractivity contribution is 0.498. The molecule has 2 N–H and O–H groups in total. The molecule has 1 fully saturated rings. The van der Waals surface area contributed by atoms with Gasteiger partial charge >= 0.3 is 0 Å². The van der Waals surface area contributed by atoms with E-state index in [1.165, 1.54) is 18.4 Å². The Morgan fingerprint density at radius 2 is 2.13 bits per heavy atom. The van der Waals surface area contributed by atoms with Crippen molar-refractivity contribution in [2.45, 2.75) is 39.3 Å². The molecule has 1 aromatic rings. The third-order valence-corrected chi connectivity index (χ3v) is 2.77. The Morgan fingerprint density at radius 1 is 1.33 bits per heavy atom. The molecule has 0 bridgehead atoms. The van der Waals surface area contributed by atoms with Gasteiger partial charge in [-0.2, -0.15) is 0 Å². The summed E-state index contributed by atoms with van der Waals surface area (Å²) in [6, 6.07) is 2.92. The Morgan fingerprint density at radius 3 is 2.73 bits per heavy atom. The number of aryl methyl sites for hydroxylation is 2. The van der Waals surface area contributed by atoms with Crippen LogP contribution in [0.3, 0.4) is 0 Å². The molecule has 1 aliphatic carbocycles. The van der Waals surface area contributed by atoms with Crippen LogP contribution in [0.15, 0.2) is 10.5 Å². The highest BCUT2D eigenvalue weighted by atomic mass is 16.3. The van der Waals surface area contributed by atoms with Crippen LogP contribution in [0.2, 0.25) is 0 Å². The lowest BCUT2D eigenvalue weighted by atomic mass is 10.2. The third kappa shape index (κ3) is 3.36. The summed E-state index contributed by atoms with van der Waals surface area (Å²) < 4.78 is 5.46. The van der Waals surface area contributed by atoms with Gasteiger partial charge in [0.1, 0.15) is 11.5 Å². The first kappa shape index (κ1) is 10.7. The minimum Gasteiger partial charge on any atom is -0.466 e. The van der Waals surface area contributed by atoms with Gasteiger partial charge in [-0.1, -0.05) is 0 Å². The van der Waals surface area contributed by atoms with Gasteiger partial charge in [0.25, 0.3) is 0 Å². The van der Waals surface area contributed by atoms with Crippen molar-refractivity contribution in [2.24, 2.45) is 0 Å². The largest absolute Gasteiger partial charge is 0.466 e. The lowest BCUT2D eigenvalue weighted by Gasteiger charge is -2.04. The van der Waals surface area contributed by atoms with Crippen LogP contribution in [-0.4, -0.2) is 19.1 Å². The molecule has 1 heterocycles. The number of hydrogen-bond donors (Lipinski definition) is 2. The molecule has 3 nitrogen and oxygen atoms in total. The second-order valence-corrected chi connectivity index (χ2v) is 4.34. The molecule has 15 heavy (non-hydrogen) atoms. The Labute approximate surface area is 91.2 Å². The van der Waals surface area contributed by atoms with E-state index in [-0.39, 0.29) is 0 Å². The molecule has 0 unspecified atom stereocenters. The summed E-state index contributed by atoms with van der Waals surface area (Å²) >= 11 is 0. The average Bonchev–Trinajstić information content (AvgIpc) is 2.94. The quantitative estimate of drug-likeness (QED) is 0.699. The predicted molar refractivity (Wildman–Crippen MR) is 60.9 cm³/mol. The van der Waals surface area contributed by atoms with E-state index in [0.717, 1.165) is 37.2 Å². The smallest absolute Gasteiger partial charge is 0.105 e. The summed E-state index contributed by atoms with van der Waals surface area (Å²) in [5.41, 5.74) is 1.28. The van der Waals surface area contributed by atoms with Crippen molar-refractivity contribution in [3.8, 4) is 0 Å². The van der Waals surface area contributed by atoms with Gasteiger partial charge in [-0.05, 0) is 32.8 Å². The van der Waals surface area contributed by atoms with Gasteiger partial charge in [-0.15, -0.1) is 0 Å². The maximum Gasteiger partial charge on any atom is 0.105 e. The van der Waals surface area contributed by atoms with E-state index < -0.39 is 0 Å². The molecule has 0 spiro atoms. The van der Waals surface area contributed by atoms with Gasteiger partial charge in [-0.25, -0.2) is 0 Å². The summed E-state index contributed by atoms with van der Waals surface area (Å²) in [5, 5.41) is 6.89. The van der Waals surface area contributed by atoms with E-state index in [1.807, 2.05) is 13.8 Å². The average molecular weight is 208 g/mol. The maximum atomic E-state index is 5.46. The first-order valence-electron chi connectivity index (χ1n) is 5.75. The summed E-state index contributed by atoms with van der Waals surface area (Å²) in [6.07, 6.45) is 2.72. The van der Waals surface area contributed by atoms with Crippen LogP contribution in [0.1, 0.15) is 29.9 Å². The Hall–Kier alpha value is -0.800. The zero-order valence-corrected chi connectivity index (χ0v) is 9.60. The van der Waals surface area contributed by atoms with Crippen molar-refractivity contribution in [1.82, 2.24) is 10.6 Å². The fourth-order valence-electron chi connectivity index (χ4n) is 1.73. The van der Waals surface area contributed by atoms with Gasteiger partial charge in [0.05, 0.1) is 0 Å². The number of rotatable bonds is 6. The monoisotopic (exact) mass is 208 g/mol. The van der Waals surface area contributed by atoms with Crippen LogP contribution in [0, 0.1) is 13.8 Å². The van der Waals surface area contributed by atoms with Crippen LogP contribution >= 0.6 is 0 Å². The van der Waals surface area contributed by atoms with E-state index >= 15 is 0 Å². The van der Waals surface area contributed by atoms with E-state index in [9.17, 15) is 0 Å². The van der Waals surface area contributed by atoms with Gasteiger partial charge < -0.3 is 15.1 Å². The Bertz CT molecular complexity index is 315. The standard InChI is InChI=1S/C12H20N2O/c1-9-7-11(10(2)15-9)8-13-5-6-14-12-3-4-12/h7,12-14H,3-6,8H2,1-2H3. The van der Waals surface area contributed by atoms with Gasteiger partial charge in [-0.3, -0.25) is 0 Å².